The minimum Gasteiger partial charge on any atom is -0.338 e. The lowest BCUT2D eigenvalue weighted by molar-refractivity contribution is 0.848. The van der Waals surface area contributed by atoms with Gasteiger partial charge in [-0.15, -0.1) is 10.2 Å². The Morgan fingerprint density at radius 3 is 2.08 bits per heavy atom. The summed E-state index contributed by atoms with van der Waals surface area (Å²) in [6.45, 7) is 27.9. The van der Waals surface area contributed by atoms with Gasteiger partial charge in [0.25, 0.3) is 0 Å². The first kappa shape index (κ1) is 44.3. The molecule has 326 valence electrons. The van der Waals surface area contributed by atoms with E-state index in [-0.39, 0.29) is 0 Å². The van der Waals surface area contributed by atoms with Crippen LogP contribution in [-0.2, 0) is 25.7 Å². The average Bonchev–Trinajstić information content (AvgIpc) is 3.97. The second kappa shape index (κ2) is 17.7. The fourth-order valence-electron chi connectivity index (χ4n) is 8.91. The van der Waals surface area contributed by atoms with Gasteiger partial charge in [0.05, 0.1) is 31.8 Å². The number of rotatable bonds is 12. The summed E-state index contributed by atoms with van der Waals surface area (Å²) >= 11 is 3.19. The van der Waals surface area contributed by atoms with Gasteiger partial charge in [0.2, 0.25) is 5.13 Å². The zero-order chi connectivity index (χ0) is 45.7. The van der Waals surface area contributed by atoms with Crippen molar-refractivity contribution in [2.75, 3.05) is 10.2 Å². The third kappa shape index (κ3) is 7.85. The Hall–Kier alpha value is -6.29. The molecule has 4 aromatic heterocycles. The molecule has 4 aromatic carbocycles. The van der Waals surface area contributed by atoms with Gasteiger partial charge in [-0.2, -0.15) is 15.0 Å². The molecular formula is C52H56N10S2. The number of aryl methyl sites for hydroxylation is 9. The SMILES string of the molecule is CCc1cc(C)c(C)c(CC)c1Nc1nc(N(c2nc3c(C)cc(C)cc3s2)c2c(CC)cc(C)c(C)c2CC)cc(C)c1N=Nc1c(C#N)c(C)nn1-c1nc2cc(C)ccc2s1. The van der Waals surface area contributed by atoms with Crippen molar-refractivity contribution in [1.82, 2.24) is 24.7 Å². The van der Waals surface area contributed by atoms with Crippen molar-refractivity contribution in [2.24, 2.45) is 10.2 Å². The lowest BCUT2D eigenvalue weighted by Crippen LogP contribution is -2.18. The van der Waals surface area contributed by atoms with E-state index in [4.69, 9.17) is 30.3 Å². The highest BCUT2D eigenvalue weighted by atomic mass is 32.1. The Morgan fingerprint density at radius 1 is 0.688 bits per heavy atom. The average molecular weight is 885 g/mol. The molecule has 4 heterocycles. The van der Waals surface area contributed by atoms with Crippen LogP contribution in [0.15, 0.2) is 58.8 Å². The molecule has 0 spiro atoms. The number of thiazole rings is 2. The third-order valence-corrected chi connectivity index (χ3v) is 14.5. The number of fused-ring (bicyclic) bond motifs is 2. The maximum Gasteiger partial charge on any atom is 0.213 e. The molecule has 10 nitrogen and oxygen atoms in total. The largest absolute Gasteiger partial charge is 0.338 e. The van der Waals surface area contributed by atoms with Crippen LogP contribution >= 0.6 is 22.7 Å². The van der Waals surface area contributed by atoms with Crippen molar-refractivity contribution < 1.29 is 0 Å². The van der Waals surface area contributed by atoms with Gasteiger partial charge >= 0.3 is 0 Å². The van der Waals surface area contributed by atoms with Crippen LogP contribution in [0.25, 0.3) is 25.6 Å². The van der Waals surface area contributed by atoms with Gasteiger partial charge in [-0.1, -0.05) is 74.6 Å². The van der Waals surface area contributed by atoms with Crippen molar-refractivity contribution in [3.8, 4) is 11.2 Å². The van der Waals surface area contributed by atoms with Gasteiger partial charge in [-0.25, -0.2) is 15.0 Å². The summed E-state index contributed by atoms with van der Waals surface area (Å²) < 4.78 is 3.80. The molecule has 64 heavy (non-hydrogen) atoms. The minimum atomic E-state index is 0.317. The standard InChI is InChI=1S/C52H56N10S2/c1-14-36-23-29(7)33(11)38(16-3)47(36)56-49-46(58-59-50-40(26-53)35(13)60-62(50)52-54-41-21-27(5)18-19-42(41)63-52)32(10)25-44(55-49)61(48-37(15-2)24-30(8)34(12)39(48)17-4)51-57-45-31(9)20-28(6)22-43(45)64-51/h18-25H,14-17H2,1-13H3,(H,55,56). The maximum absolute atomic E-state index is 10.5. The molecule has 0 fully saturated rings. The Balaban J connectivity index is 1.41. The zero-order valence-corrected chi connectivity index (χ0v) is 40.9. The lowest BCUT2D eigenvalue weighted by Gasteiger charge is -2.29. The van der Waals surface area contributed by atoms with E-state index in [1.54, 1.807) is 16.0 Å². The van der Waals surface area contributed by atoms with Crippen LogP contribution in [0.3, 0.4) is 0 Å². The van der Waals surface area contributed by atoms with Crippen molar-refractivity contribution in [3.05, 3.63) is 127 Å². The van der Waals surface area contributed by atoms with Crippen LogP contribution in [0.4, 0.5) is 39.6 Å². The Bertz CT molecular complexity index is 3210. The molecular weight excluding hydrogens is 829 g/mol. The maximum atomic E-state index is 10.5. The summed E-state index contributed by atoms with van der Waals surface area (Å²) in [5, 5.41) is 30.5. The van der Waals surface area contributed by atoms with Gasteiger partial charge in [-0.3, -0.25) is 4.90 Å². The van der Waals surface area contributed by atoms with E-state index >= 15 is 0 Å². The summed E-state index contributed by atoms with van der Waals surface area (Å²) in [5.41, 5.74) is 19.8. The van der Waals surface area contributed by atoms with Crippen LogP contribution < -0.4 is 10.2 Å². The summed E-state index contributed by atoms with van der Waals surface area (Å²) in [7, 11) is 0. The number of nitrogens with zero attached hydrogens (tertiary/aromatic N) is 9. The molecule has 0 aliphatic rings. The van der Waals surface area contributed by atoms with Gasteiger partial charge in [0, 0.05) is 5.69 Å². The van der Waals surface area contributed by atoms with Gasteiger partial charge in [0.1, 0.15) is 23.1 Å². The first-order valence-electron chi connectivity index (χ1n) is 22.2. The molecule has 0 radical (unpaired) electrons. The Labute approximate surface area is 384 Å². The van der Waals surface area contributed by atoms with Crippen molar-refractivity contribution in [3.63, 3.8) is 0 Å². The smallest absolute Gasteiger partial charge is 0.213 e. The molecule has 0 unspecified atom stereocenters. The Kier molecular flexibility index (Phi) is 12.3. The number of benzene rings is 4. The number of nitrogens with one attached hydrogen (secondary N) is 1. The molecule has 8 rings (SSSR count). The molecule has 0 amide bonds. The molecule has 0 aliphatic heterocycles. The molecule has 8 aromatic rings. The monoisotopic (exact) mass is 884 g/mol. The summed E-state index contributed by atoms with van der Waals surface area (Å²) in [5.74, 6) is 1.60. The lowest BCUT2D eigenvalue weighted by atomic mass is 9.93. The van der Waals surface area contributed by atoms with Crippen molar-refractivity contribution >= 4 is 82.8 Å². The summed E-state index contributed by atoms with van der Waals surface area (Å²) in [6.07, 6.45) is 3.35. The molecule has 0 bridgehead atoms. The quantitative estimate of drug-likeness (QED) is 0.121. The number of aromatic nitrogens is 5. The van der Waals surface area contributed by atoms with E-state index in [9.17, 15) is 5.26 Å². The van der Waals surface area contributed by atoms with Crippen molar-refractivity contribution in [2.45, 2.75) is 116 Å². The summed E-state index contributed by atoms with van der Waals surface area (Å²) in [4.78, 5) is 18.2. The van der Waals surface area contributed by atoms with Crippen LogP contribution in [0, 0.1) is 73.6 Å². The minimum absolute atomic E-state index is 0.317. The molecule has 0 saturated heterocycles. The number of azo groups is 1. The zero-order valence-electron chi connectivity index (χ0n) is 39.3. The van der Waals surface area contributed by atoms with E-state index in [0.717, 1.165) is 85.1 Å². The number of nitriles is 1. The van der Waals surface area contributed by atoms with E-state index in [0.29, 0.717) is 33.7 Å². The second-order valence-electron chi connectivity index (χ2n) is 16.9. The third-order valence-electron chi connectivity index (χ3n) is 12.5. The number of hydrogen-bond acceptors (Lipinski definition) is 11. The Morgan fingerprint density at radius 2 is 1.39 bits per heavy atom. The van der Waals surface area contributed by atoms with E-state index in [2.05, 4.69) is 148 Å². The first-order chi connectivity index (χ1) is 30.7. The van der Waals surface area contributed by atoms with Crippen LogP contribution in [0.5, 0.6) is 0 Å². The van der Waals surface area contributed by atoms with Crippen LogP contribution in [-0.4, -0.2) is 24.7 Å². The highest BCUT2D eigenvalue weighted by Gasteiger charge is 2.28. The number of hydrogen-bond donors (Lipinski definition) is 1. The van der Waals surface area contributed by atoms with Gasteiger partial charge in [-0.05, 0) is 179 Å². The van der Waals surface area contributed by atoms with Gasteiger partial charge in [0.15, 0.2) is 16.8 Å². The predicted octanol–water partition coefficient (Wildman–Crippen LogP) is 15.0. The van der Waals surface area contributed by atoms with Crippen LogP contribution in [0.1, 0.15) is 106 Å². The highest BCUT2D eigenvalue weighted by molar-refractivity contribution is 7.22. The van der Waals surface area contributed by atoms with E-state index in [1.165, 1.54) is 61.4 Å². The number of pyridine rings is 1. The molecule has 0 saturated carbocycles. The molecule has 1 N–H and O–H groups in total. The van der Waals surface area contributed by atoms with E-state index in [1.807, 2.05) is 6.92 Å². The topological polar surface area (TPSA) is 120 Å². The predicted molar refractivity (Wildman–Crippen MR) is 268 cm³/mol. The second-order valence-corrected chi connectivity index (χ2v) is 18.9. The first-order valence-corrected chi connectivity index (χ1v) is 23.8. The fourth-order valence-corrected chi connectivity index (χ4v) is 11.0. The molecule has 0 aliphatic carbocycles. The van der Waals surface area contributed by atoms with Crippen molar-refractivity contribution in [1.29, 1.82) is 5.26 Å². The normalized spacial score (nSPS) is 11.7. The highest BCUT2D eigenvalue weighted by Crippen LogP contribution is 2.47. The van der Waals surface area contributed by atoms with Crippen LogP contribution in [0.2, 0.25) is 0 Å². The fraction of sp³-hybridized carbons (Fsp3) is 0.327. The van der Waals surface area contributed by atoms with Gasteiger partial charge < -0.3 is 5.32 Å². The summed E-state index contributed by atoms with van der Waals surface area (Å²) in [6, 6.07) is 19.7. The molecule has 12 heteroatoms. The number of anilines is 5. The van der Waals surface area contributed by atoms with E-state index < -0.39 is 0 Å². The molecule has 0 atom stereocenters.